The number of hydrogen-bond acceptors (Lipinski definition) is 2. The average molecular weight is 303 g/mol. The van der Waals surface area contributed by atoms with E-state index < -0.39 is 6.04 Å². The normalized spacial score (nSPS) is 12.0. The summed E-state index contributed by atoms with van der Waals surface area (Å²) in [6.45, 7) is 1.95. The van der Waals surface area contributed by atoms with Gasteiger partial charge in [-0.2, -0.15) is 0 Å². The molecule has 1 atom stereocenters. The minimum atomic E-state index is -0.554. The predicted octanol–water partition coefficient (Wildman–Crippen LogP) is 3.55. The van der Waals surface area contributed by atoms with E-state index in [2.05, 4.69) is 5.32 Å². The molecule has 0 bridgehead atoms. The highest BCUT2D eigenvalue weighted by atomic mass is 35.5. The lowest BCUT2D eigenvalue weighted by Crippen LogP contribution is -2.36. The van der Waals surface area contributed by atoms with Crippen LogP contribution < -0.4 is 11.1 Å². The van der Waals surface area contributed by atoms with Crippen LogP contribution in [0.15, 0.2) is 48.5 Å². The quantitative estimate of drug-likeness (QED) is 0.887. The van der Waals surface area contributed by atoms with Crippen molar-refractivity contribution in [2.75, 3.05) is 5.32 Å². The first-order valence-corrected chi connectivity index (χ1v) is 7.30. The van der Waals surface area contributed by atoms with Crippen LogP contribution in [0, 0.1) is 6.92 Å². The number of carbonyl (C=O) groups excluding carboxylic acids is 1. The van der Waals surface area contributed by atoms with Gasteiger partial charge in [-0.1, -0.05) is 48.0 Å². The molecule has 0 saturated carbocycles. The first-order valence-electron chi connectivity index (χ1n) is 6.93. The Hall–Kier alpha value is -1.84. The Bertz CT molecular complexity index is 613. The highest BCUT2D eigenvalue weighted by Gasteiger charge is 2.14. The number of carbonyl (C=O) groups is 1. The van der Waals surface area contributed by atoms with Gasteiger partial charge >= 0.3 is 0 Å². The Morgan fingerprint density at radius 1 is 1.24 bits per heavy atom. The molecule has 110 valence electrons. The summed E-state index contributed by atoms with van der Waals surface area (Å²) in [5.74, 6) is -0.210. The van der Waals surface area contributed by atoms with Crippen molar-refractivity contribution in [1.82, 2.24) is 0 Å². The highest BCUT2D eigenvalue weighted by Crippen LogP contribution is 2.22. The maximum atomic E-state index is 12.1. The van der Waals surface area contributed by atoms with E-state index in [0.29, 0.717) is 17.1 Å². The molecule has 0 heterocycles. The number of nitrogens with two attached hydrogens (primary N) is 1. The van der Waals surface area contributed by atoms with Crippen LogP contribution >= 0.6 is 11.6 Å². The van der Waals surface area contributed by atoms with Gasteiger partial charge in [-0.3, -0.25) is 4.79 Å². The van der Waals surface area contributed by atoms with E-state index in [1.807, 2.05) is 49.4 Å². The van der Waals surface area contributed by atoms with Gasteiger partial charge in [-0.05, 0) is 43.0 Å². The van der Waals surface area contributed by atoms with E-state index in [4.69, 9.17) is 17.3 Å². The minimum Gasteiger partial charge on any atom is -0.323 e. The average Bonchev–Trinajstić information content (AvgIpc) is 2.49. The maximum Gasteiger partial charge on any atom is 0.241 e. The summed E-state index contributed by atoms with van der Waals surface area (Å²) >= 11 is 6.06. The number of anilines is 1. The van der Waals surface area contributed by atoms with Gasteiger partial charge in [-0.25, -0.2) is 0 Å². The molecule has 0 saturated heterocycles. The summed E-state index contributed by atoms with van der Waals surface area (Å²) in [5, 5.41) is 3.31. The van der Waals surface area contributed by atoms with Crippen LogP contribution in [-0.4, -0.2) is 11.9 Å². The van der Waals surface area contributed by atoms with Crippen LogP contribution in [0.3, 0.4) is 0 Å². The third-order valence-electron chi connectivity index (χ3n) is 3.30. The third kappa shape index (κ3) is 4.59. The van der Waals surface area contributed by atoms with Gasteiger partial charge in [0.15, 0.2) is 0 Å². The molecule has 0 aliphatic rings. The number of aryl methyl sites for hydroxylation is 2. The predicted molar refractivity (Wildman–Crippen MR) is 87.6 cm³/mol. The molecule has 2 aromatic carbocycles. The largest absolute Gasteiger partial charge is 0.323 e. The molecule has 0 aromatic heterocycles. The number of halogens is 1. The standard InChI is InChI=1S/C17H19ClN2O/c1-12-7-9-14(18)16(11-12)20-17(21)15(19)10-8-13-5-3-2-4-6-13/h2-7,9,11,15H,8,10,19H2,1H3,(H,20,21). The van der Waals surface area contributed by atoms with E-state index in [-0.39, 0.29) is 5.91 Å². The molecule has 3 N–H and O–H groups in total. The van der Waals surface area contributed by atoms with Crippen molar-refractivity contribution in [2.24, 2.45) is 5.73 Å². The van der Waals surface area contributed by atoms with Crippen LogP contribution in [0.4, 0.5) is 5.69 Å². The molecular formula is C17H19ClN2O. The summed E-state index contributed by atoms with van der Waals surface area (Å²) in [7, 11) is 0. The van der Waals surface area contributed by atoms with Gasteiger partial charge in [0, 0.05) is 0 Å². The van der Waals surface area contributed by atoms with Gasteiger partial charge < -0.3 is 11.1 Å². The summed E-state index contributed by atoms with van der Waals surface area (Å²) < 4.78 is 0. The first-order chi connectivity index (χ1) is 10.1. The van der Waals surface area contributed by atoms with Gasteiger partial charge in [0.25, 0.3) is 0 Å². The molecule has 0 aliphatic carbocycles. The Morgan fingerprint density at radius 3 is 2.67 bits per heavy atom. The van der Waals surface area contributed by atoms with Crippen LogP contribution in [0.25, 0.3) is 0 Å². The number of amides is 1. The SMILES string of the molecule is Cc1ccc(Cl)c(NC(=O)C(N)CCc2ccccc2)c1. The molecule has 21 heavy (non-hydrogen) atoms. The van der Waals surface area contributed by atoms with Gasteiger partial charge in [-0.15, -0.1) is 0 Å². The number of hydrogen-bond donors (Lipinski definition) is 2. The zero-order valence-electron chi connectivity index (χ0n) is 12.0. The van der Waals surface area contributed by atoms with E-state index in [0.717, 1.165) is 12.0 Å². The molecule has 0 aliphatic heterocycles. The van der Waals surface area contributed by atoms with Crippen molar-refractivity contribution in [3.05, 3.63) is 64.7 Å². The van der Waals surface area contributed by atoms with Gasteiger partial charge in [0.1, 0.15) is 0 Å². The second-order valence-corrected chi connectivity index (χ2v) is 5.51. The molecule has 0 fully saturated rings. The number of nitrogens with one attached hydrogen (secondary N) is 1. The maximum absolute atomic E-state index is 12.1. The van der Waals surface area contributed by atoms with Crippen molar-refractivity contribution in [1.29, 1.82) is 0 Å². The number of benzene rings is 2. The second kappa shape index (κ2) is 7.25. The lowest BCUT2D eigenvalue weighted by Gasteiger charge is -2.13. The summed E-state index contributed by atoms with van der Waals surface area (Å²) in [6.07, 6.45) is 1.37. The smallest absolute Gasteiger partial charge is 0.241 e. The van der Waals surface area contributed by atoms with E-state index >= 15 is 0 Å². The summed E-state index contributed by atoms with van der Waals surface area (Å²) in [4.78, 5) is 12.1. The van der Waals surface area contributed by atoms with Crippen LogP contribution in [0.5, 0.6) is 0 Å². The molecular weight excluding hydrogens is 284 g/mol. The Kier molecular flexibility index (Phi) is 5.37. The summed E-state index contributed by atoms with van der Waals surface area (Å²) in [6, 6.07) is 14.9. The third-order valence-corrected chi connectivity index (χ3v) is 3.63. The Labute approximate surface area is 130 Å². The second-order valence-electron chi connectivity index (χ2n) is 5.10. The highest BCUT2D eigenvalue weighted by molar-refractivity contribution is 6.33. The topological polar surface area (TPSA) is 55.1 Å². The molecule has 0 radical (unpaired) electrons. The van der Waals surface area contributed by atoms with Crippen molar-refractivity contribution in [3.8, 4) is 0 Å². The fourth-order valence-electron chi connectivity index (χ4n) is 2.06. The summed E-state index contributed by atoms with van der Waals surface area (Å²) in [5.41, 5.74) is 8.76. The zero-order valence-corrected chi connectivity index (χ0v) is 12.7. The molecule has 1 unspecified atom stereocenters. The lowest BCUT2D eigenvalue weighted by atomic mass is 10.1. The molecule has 2 rings (SSSR count). The van der Waals surface area contributed by atoms with Gasteiger partial charge in [0.2, 0.25) is 5.91 Å². The van der Waals surface area contributed by atoms with Crippen molar-refractivity contribution in [3.63, 3.8) is 0 Å². The van der Waals surface area contributed by atoms with Crippen molar-refractivity contribution < 1.29 is 4.79 Å². The van der Waals surface area contributed by atoms with Crippen LogP contribution in [-0.2, 0) is 11.2 Å². The fourth-order valence-corrected chi connectivity index (χ4v) is 2.22. The van der Waals surface area contributed by atoms with E-state index in [1.165, 1.54) is 5.56 Å². The monoisotopic (exact) mass is 302 g/mol. The van der Waals surface area contributed by atoms with Gasteiger partial charge in [0.05, 0.1) is 16.8 Å². The van der Waals surface area contributed by atoms with Crippen LogP contribution in [0.2, 0.25) is 5.02 Å². The molecule has 2 aromatic rings. The van der Waals surface area contributed by atoms with Crippen LogP contribution in [0.1, 0.15) is 17.5 Å². The number of rotatable bonds is 5. The molecule has 1 amide bonds. The van der Waals surface area contributed by atoms with E-state index in [1.54, 1.807) is 6.07 Å². The minimum absolute atomic E-state index is 0.210. The molecule has 3 nitrogen and oxygen atoms in total. The van der Waals surface area contributed by atoms with Crippen molar-refractivity contribution >= 4 is 23.2 Å². The lowest BCUT2D eigenvalue weighted by molar-refractivity contribution is -0.117. The zero-order chi connectivity index (χ0) is 15.2. The van der Waals surface area contributed by atoms with Crippen molar-refractivity contribution in [2.45, 2.75) is 25.8 Å². The molecule has 0 spiro atoms. The molecule has 4 heteroatoms. The van der Waals surface area contributed by atoms with E-state index in [9.17, 15) is 4.79 Å². The Balaban J connectivity index is 1.92. The fraction of sp³-hybridized carbons (Fsp3) is 0.235. The first kappa shape index (κ1) is 15.5. The Morgan fingerprint density at radius 2 is 1.95 bits per heavy atom.